The van der Waals surface area contributed by atoms with E-state index in [0.717, 1.165) is 25.9 Å². The van der Waals surface area contributed by atoms with Crippen LogP contribution in [0.1, 0.15) is 25.7 Å². The van der Waals surface area contributed by atoms with Gasteiger partial charge in [0.25, 0.3) is 0 Å². The Morgan fingerprint density at radius 1 is 1.06 bits per heavy atom. The highest BCUT2D eigenvalue weighted by molar-refractivity contribution is 7.88. The van der Waals surface area contributed by atoms with Crippen molar-refractivity contribution in [2.24, 2.45) is 5.92 Å². The van der Waals surface area contributed by atoms with Gasteiger partial charge in [-0.3, -0.25) is 0 Å². The van der Waals surface area contributed by atoms with Gasteiger partial charge >= 0.3 is 0 Å². The van der Waals surface area contributed by atoms with Gasteiger partial charge in [0.2, 0.25) is 10.0 Å². The summed E-state index contributed by atoms with van der Waals surface area (Å²) in [6.45, 7) is 5.10. The maximum absolute atomic E-state index is 11.4. The lowest BCUT2D eigenvalue weighted by Gasteiger charge is -2.32. The summed E-state index contributed by atoms with van der Waals surface area (Å²) in [6, 6.07) is 0. The van der Waals surface area contributed by atoms with Crippen molar-refractivity contribution < 1.29 is 8.42 Å². The van der Waals surface area contributed by atoms with Crippen molar-refractivity contribution in [3.63, 3.8) is 0 Å². The first-order valence-electron chi connectivity index (χ1n) is 6.23. The summed E-state index contributed by atoms with van der Waals surface area (Å²) < 4.78 is 24.3. The SMILES string of the molecule is CS(=O)(=O)N1CCC(CN2CCCC2)CC1. The summed E-state index contributed by atoms with van der Waals surface area (Å²) in [5, 5.41) is 0. The fourth-order valence-electron chi connectivity index (χ4n) is 2.75. The highest BCUT2D eigenvalue weighted by Crippen LogP contribution is 2.21. The zero-order chi connectivity index (χ0) is 11.6. The third-order valence-electron chi connectivity index (χ3n) is 3.76. The van der Waals surface area contributed by atoms with Gasteiger partial charge < -0.3 is 4.90 Å². The van der Waals surface area contributed by atoms with Crippen LogP contribution in [0.2, 0.25) is 0 Å². The van der Waals surface area contributed by atoms with Gasteiger partial charge in [-0.15, -0.1) is 0 Å². The van der Waals surface area contributed by atoms with E-state index in [9.17, 15) is 8.42 Å². The van der Waals surface area contributed by atoms with Crippen molar-refractivity contribution in [1.29, 1.82) is 0 Å². The van der Waals surface area contributed by atoms with Crippen LogP contribution in [0.4, 0.5) is 0 Å². The molecule has 0 N–H and O–H groups in total. The Morgan fingerprint density at radius 2 is 1.62 bits per heavy atom. The Bertz CT molecular complexity index is 315. The van der Waals surface area contributed by atoms with E-state index in [2.05, 4.69) is 4.90 Å². The van der Waals surface area contributed by atoms with Gasteiger partial charge in [0.05, 0.1) is 6.26 Å². The lowest BCUT2D eigenvalue weighted by molar-refractivity contribution is 0.206. The quantitative estimate of drug-likeness (QED) is 0.738. The molecule has 0 aliphatic carbocycles. The third kappa shape index (κ3) is 3.18. The fraction of sp³-hybridized carbons (Fsp3) is 1.00. The summed E-state index contributed by atoms with van der Waals surface area (Å²) in [6.07, 6.45) is 6.05. The number of likely N-dealkylation sites (tertiary alicyclic amines) is 1. The molecular weight excluding hydrogens is 224 g/mol. The van der Waals surface area contributed by atoms with Gasteiger partial charge in [-0.1, -0.05) is 0 Å². The van der Waals surface area contributed by atoms with E-state index in [-0.39, 0.29) is 0 Å². The van der Waals surface area contributed by atoms with Gasteiger partial charge in [0, 0.05) is 19.6 Å². The van der Waals surface area contributed by atoms with Crippen LogP contribution in [0.5, 0.6) is 0 Å². The monoisotopic (exact) mass is 246 g/mol. The molecule has 5 heteroatoms. The molecule has 2 saturated heterocycles. The first-order valence-corrected chi connectivity index (χ1v) is 8.08. The van der Waals surface area contributed by atoms with Gasteiger partial charge in [0.15, 0.2) is 0 Å². The molecule has 0 unspecified atom stereocenters. The Balaban J connectivity index is 1.76. The lowest BCUT2D eigenvalue weighted by Crippen LogP contribution is -2.40. The van der Waals surface area contributed by atoms with E-state index < -0.39 is 10.0 Å². The van der Waals surface area contributed by atoms with Crippen molar-refractivity contribution in [3.8, 4) is 0 Å². The molecule has 0 radical (unpaired) electrons. The predicted octanol–water partition coefficient (Wildman–Crippen LogP) is 0.754. The largest absolute Gasteiger partial charge is 0.303 e. The summed E-state index contributed by atoms with van der Waals surface area (Å²) in [5.41, 5.74) is 0. The summed E-state index contributed by atoms with van der Waals surface area (Å²) in [7, 11) is -2.96. The standard InChI is InChI=1S/C11H22N2O2S/c1-16(14,15)13-8-4-11(5-9-13)10-12-6-2-3-7-12/h11H,2-10H2,1H3. The average molecular weight is 246 g/mol. The molecule has 16 heavy (non-hydrogen) atoms. The van der Waals surface area contributed by atoms with Crippen molar-refractivity contribution in [2.75, 3.05) is 39.0 Å². The number of piperidine rings is 1. The van der Waals surface area contributed by atoms with Crippen molar-refractivity contribution in [2.45, 2.75) is 25.7 Å². The minimum atomic E-state index is -2.96. The number of hydrogen-bond donors (Lipinski definition) is 0. The topological polar surface area (TPSA) is 40.6 Å². The fourth-order valence-corrected chi connectivity index (χ4v) is 3.63. The van der Waals surface area contributed by atoms with E-state index in [1.54, 1.807) is 4.31 Å². The molecule has 2 aliphatic rings. The second kappa shape index (κ2) is 5.02. The molecule has 0 amide bonds. The summed E-state index contributed by atoms with van der Waals surface area (Å²) in [5.74, 6) is 0.705. The summed E-state index contributed by atoms with van der Waals surface area (Å²) in [4.78, 5) is 2.53. The Kier molecular flexibility index (Phi) is 3.87. The zero-order valence-corrected chi connectivity index (χ0v) is 10.9. The molecule has 2 aliphatic heterocycles. The molecule has 0 spiro atoms. The first-order chi connectivity index (χ1) is 7.55. The van der Waals surface area contributed by atoms with Gasteiger partial charge in [-0.25, -0.2) is 12.7 Å². The number of rotatable bonds is 3. The average Bonchev–Trinajstić information content (AvgIpc) is 2.70. The number of hydrogen-bond acceptors (Lipinski definition) is 3. The van der Waals surface area contributed by atoms with E-state index in [1.807, 2.05) is 0 Å². The molecule has 0 aromatic rings. The Labute approximate surface area is 98.7 Å². The van der Waals surface area contributed by atoms with Crippen molar-refractivity contribution in [1.82, 2.24) is 9.21 Å². The summed E-state index contributed by atoms with van der Waals surface area (Å²) >= 11 is 0. The van der Waals surface area contributed by atoms with Crippen LogP contribution in [0.15, 0.2) is 0 Å². The van der Waals surface area contributed by atoms with Crippen LogP contribution in [0.25, 0.3) is 0 Å². The molecule has 0 atom stereocenters. The van der Waals surface area contributed by atoms with Gasteiger partial charge in [0.1, 0.15) is 0 Å². The predicted molar refractivity (Wildman–Crippen MR) is 64.8 cm³/mol. The molecule has 0 aromatic carbocycles. The Morgan fingerprint density at radius 3 is 2.12 bits per heavy atom. The molecule has 94 valence electrons. The third-order valence-corrected chi connectivity index (χ3v) is 5.06. The minimum absolute atomic E-state index is 0.705. The van der Waals surface area contributed by atoms with Crippen LogP contribution in [0, 0.1) is 5.92 Å². The molecule has 0 saturated carbocycles. The smallest absolute Gasteiger partial charge is 0.211 e. The number of sulfonamides is 1. The van der Waals surface area contributed by atoms with E-state index in [1.165, 1.54) is 38.7 Å². The second-order valence-corrected chi connectivity index (χ2v) is 7.10. The molecule has 2 fully saturated rings. The molecule has 4 nitrogen and oxygen atoms in total. The number of nitrogens with zero attached hydrogens (tertiary/aromatic N) is 2. The van der Waals surface area contributed by atoms with Gasteiger partial charge in [-0.05, 0) is 44.7 Å². The van der Waals surface area contributed by atoms with Crippen LogP contribution in [-0.4, -0.2) is 56.6 Å². The zero-order valence-electron chi connectivity index (χ0n) is 10.1. The Hall–Kier alpha value is -0.130. The van der Waals surface area contributed by atoms with Crippen molar-refractivity contribution in [3.05, 3.63) is 0 Å². The minimum Gasteiger partial charge on any atom is -0.303 e. The van der Waals surface area contributed by atoms with Crippen LogP contribution in [-0.2, 0) is 10.0 Å². The molecule has 0 aromatic heterocycles. The second-order valence-electron chi connectivity index (χ2n) is 5.11. The van der Waals surface area contributed by atoms with Gasteiger partial charge in [-0.2, -0.15) is 0 Å². The molecular formula is C11H22N2O2S. The van der Waals surface area contributed by atoms with E-state index >= 15 is 0 Å². The lowest BCUT2D eigenvalue weighted by atomic mass is 9.98. The maximum atomic E-state index is 11.4. The van der Waals surface area contributed by atoms with Crippen LogP contribution < -0.4 is 0 Å². The van der Waals surface area contributed by atoms with Crippen molar-refractivity contribution >= 4 is 10.0 Å². The van der Waals surface area contributed by atoms with E-state index in [0.29, 0.717) is 5.92 Å². The highest BCUT2D eigenvalue weighted by Gasteiger charge is 2.26. The maximum Gasteiger partial charge on any atom is 0.211 e. The molecule has 2 heterocycles. The van der Waals surface area contributed by atoms with Crippen LogP contribution >= 0.6 is 0 Å². The first kappa shape index (κ1) is 12.3. The molecule has 2 rings (SSSR count). The molecule has 0 bridgehead atoms. The normalized spacial score (nSPS) is 26.3. The highest BCUT2D eigenvalue weighted by atomic mass is 32.2. The van der Waals surface area contributed by atoms with Crippen LogP contribution in [0.3, 0.4) is 0 Å². The van der Waals surface area contributed by atoms with E-state index in [4.69, 9.17) is 0 Å².